The third kappa shape index (κ3) is 3.87. The van der Waals surface area contributed by atoms with Gasteiger partial charge in [0.15, 0.2) is 0 Å². The van der Waals surface area contributed by atoms with Crippen molar-refractivity contribution in [1.29, 1.82) is 0 Å². The Hall–Kier alpha value is -1.26. The summed E-state index contributed by atoms with van der Waals surface area (Å²) in [4.78, 5) is 2.55. The monoisotopic (exact) mass is 278 g/mol. The topological polar surface area (TPSA) is 33.7 Å². The maximum atomic E-state index is 5.41. The molecule has 4 nitrogen and oxygen atoms in total. The van der Waals surface area contributed by atoms with E-state index in [-0.39, 0.29) is 0 Å². The molecule has 1 fully saturated rings. The van der Waals surface area contributed by atoms with Gasteiger partial charge in [-0.3, -0.25) is 4.90 Å². The van der Waals surface area contributed by atoms with Crippen LogP contribution in [0.1, 0.15) is 25.3 Å². The molecule has 1 N–H and O–H groups in total. The van der Waals surface area contributed by atoms with Crippen LogP contribution >= 0.6 is 0 Å². The Morgan fingerprint density at radius 3 is 2.60 bits per heavy atom. The number of ether oxygens (including phenoxy) is 2. The Kier molecular flexibility index (Phi) is 5.68. The molecule has 0 bridgehead atoms. The van der Waals surface area contributed by atoms with E-state index in [1.807, 2.05) is 12.1 Å². The van der Waals surface area contributed by atoms with E-state index in [0.29, 0.717) is 6.04 Å². The van der Waals surface area contributed by atoms with Gasteiger partial charge in [0.05, 0.1) is 14.2 Å². The molecule has 0 spiro atoms. The Balaban J connectivity index is 1.84. The number of likely N-dealkylation sites (tertiary alicyclic amines) is 1. The number of methoxy groups -OCH3 is 2. The predicted octanol–water partition coefficient (Wildman–Crippen LogP) is 2.28. The van der Waals surface area contributed by atoms with Gasteiger partial charge in [0, 0.05) is 30.8 Å². The maximum absolute atomic E-state index is 5.41. The molecule has 0 aliphatic carbocycles. The highest BCUT2D eigenvalue weighted by Gasteiger charge is 2.17. The van der Waals surface area contributed by atoms with Gasteiger partial charge in [-0.25, -0.2) is 0 Å². The minimum atomic E-state index is 0.599. The summed E-state index contributed by atoms with van der Waals surface area (Å²) in [6.07, 6.45) is 2.69. The number of nitrogens with one attached hydrogen (secondary N) is 1. The summed E-state index contributed by atoms with van der Waals surface area (Å²) >= 11 is 0. The van der Waals surface area contributed by atoms with Gasteiger partial charge in [-0.2, -0.15) is 0 Å². The Morgan fingerprint density at radius 1 is 1.20 bits per heavy atom. The van der Waals surface area contributed by atoms with Crippen molar-refractivity contribution < 1.29 is 9.47 Å². The summed E-state index contributed by atoms with van der Waals surface area (Å²) in [5.41, 5.74) is 1.17. The first-order valence-electron chi connectivity index (χ1n) is 7.40. The zero-order valence-electron chi connectivity index (χ0n) is 12.8. The first-order chi connectivity index (χ1) is 9.74. The van der Waals surface area contributed by atoms with Crippen LogP contribution in [0.15, 0.2) is 18.2 Å². The van der Waals surface area contributed by atoms with Crippen molar-refractivity contribution in [3.05, 3.63) is 23.8 Å². The zero-order chi connectivity index (χ0) is 14.4. The smallest absolute Gasteiger partial charge is 0.127 e. The molecule has 0 saturated carbocycles. The van der Waals surface area contributed by atoms with Gasteiger partial charge in [0.1, 0.15) is 11.5 Å². The van der Waals surface area contributed by atoms with E-state index in [2.05, 4.69) is 23.2 Å². The average molecular weight is 278 g/mol. The van der Waals surface area contributed by atoms with Crippen molar-refractivity contribution >= 4 is 0 Å². The molecule has 0 radical (unpaired) electrons. The quantitative estimate of drug-likeness (QED) is 0.829. The predicted molar refractivity (Wildman–Crippen MR) is 81.5 cm³/mol. The van der Waals surface area contributed by atoms with E-state index in [1.165, 1.54) is 31.5 Å². The Labute approximate surface area is 122 Å². The normalized spacial score (nSPS) is 17.1. The molecular formula is C16H26N2O2. The lowest BCUT2D eigenvalue weighted by Gasteiger charge is -2.24. The lowest BCUT2D eigenvalue weighted by atomic mass is 10.2. The molecule has 0 amide bonds. The molecule has 1 aromatic carbocycles. The van der Waals surface area contributed by atoms with E-state index < -0.39 is 0 Å². The molecule has 1 aliphatic heterocycles. The van der Waals surface area contributed by atoms with Crippen molar-refractivity contribution in [2.75, 3.05) is 33.9 Å². The summed E-state index contributed by atoms with van der Waals surface area (Å²) in [5, 5.41) is 3.53. The van der Waals surface area contributed by atoms with Gasteiger partial charge < -0.3 is 14.8 Å². The van der Waals surface area contributed by atoms with E-state index in [9.17, 15) is 0 Å². The Morgan fingerprint density at radius 2 is 1.95 bits per heavy atom. The molecule has 20 heavy (non-hydrogen) atoms. The summed E-state index contributed by atoms with van der Waals surface area (Å²) < 4.78 is 10.6. The molecule has 4 heteroatoms. The summed E-state index contributed by atoms with van der Waals surface area (Å²) in [7, 11) is 3.37. The molecule has 1 saturated heterocycles. The largest absolute Gasteiger partial charge is 0.497 e. The lowest BCUT2D eigenvalue weighted by molar-refractivity contribution is 0.251. The molecular weight excluding hydrogens is 252 g/mol. The van der Waals surface area contributed by atoms with Crippen molar-refractivity contribution in [3.8, 4) is 11.5 Å². The highest BCUT2D eigenvalue weighted by atomic mass is 16.5. The second-order valence-corrected chi connectivity index (χ2v) is 5.40. The SMILES string of the molecule is COc1ccc(CNCC(C)N2CCCC2)c(OC)c1. The molecule has 2 rings (SSSR count). The number of hydrogen-bond acceptors (Lipinski definition) is 4. The summed E-state index contributed by atoms with van der Waals surface area (Å²) in [5.74, 6) is 1.71. The standard InChI is InChI=1S/C16H26N2O2/c1-13(18-8-4-5-9-18)11-17-12-14-6-7-15(19-2)10-16(14)20-3/h6-7,10,13,17H,4-5,8-9,11-12H2,1-3H3. The number of nitrogens with zero attached hydrogens (tertiary/aromatic N) is 1. The molecule has 1 unspecified atom stereocenters. The van der Waals surface area contributed by atoms with Crippen molar-refractivity contribution in [2.24, 2.45) is 0 Å². The average Bonchev–Trinajstić information content (AvgIpc) is 3.01. The fourth-order valence-electron chi connectivity index (χ4n) is 2.73. The van der Waals surface area contributed by atoms with Crippen LogP contribution in [-0.2, 0) is 6.54 Å². The van der Waals surface area contributed by atoms with Gasteiger partial charge >= 0.3 is 0 Å². The van der Waals surface area contributed by atoms with Crippen molar-refractivity contribution in [2.45, 2.75) is 32.4 Å². The third-order valence-corrected chi connectivity index (χ3v) is 4.01. The molecule has 112 valence electrons. The first-order valence-corrected chi connectivity index (χ1v) is 7.40. The number of benzene rings is 1. The van der Waals surface area contributed by atoms with E-state index in [0.717, 1.165) is 24.6 Å². The van der Waals surface area contributed by atoms with Gasteiger partial charge in [-0.05, 0) is 38.9 Å². The van der Waals surface area contributed by atoms with Gasteiger partial charge in [0.25, 0.3) is 0 Å². The highest BCUT2D eigenvalue weighted by molar-refractivity contribution is 5.40. The lowest BCUT2D eigenvalue weighted by Crippen LogP contribution is -2.38. The van der Waals surface area contributed by atoms with E-state index in [4.69, 9.17) is 9.47 Å². The van der Waals surface area contributed by atoms with Crippen LogP contribution in [0.4, 0.5) is 0 Å². The zero-order valence-corrected chi connectivity index (χ0v) is 12.8. The van der Waals surface area contributed by atoms with Crippen LogP contribution in [0.3, 0.4) is 0 Å². The minimum Gasteiger partial charge on any atom is -0.497 e. The molecule has 1 aromatic rings. The summed E-state index contributed by atoms with van der Waals surface area (Å²) in [6.45, 7) is 6.62. The molecule has 1 atom stereocenters. The van der Waals surface area contributed by atoms with Crippen molar-refractivity contribution in [3.63, 3.8) is 0 Å². The highest BCUT2D eigenvalue weighted by Crippen LogP contribution is 2.24. The van der Waals surface area contributed by atoms with Crippen LogP contribution in [0.25, 0.3) is 0 Å². The molecule has 0 aromatic heterocycles. The first kappa shape index (κ1) is 15.1. The van der Waals surface area contributed by atoms with Gasteiger partial charge in [-0.1, -0.05) is 6.07 Å². The summed E-state index contributed by atoms with van der Waals surface area (Å²) in [6, 6.07) is 6.57. The minimum absolute atomic E-state index is 0.599. The second kappa shape index (κ2) is 7.50. The third-order valence-electron chi connectivity index (χ3n) is 4.01. The van der Waals surface area contributed by atoms with Crippen LogP contribution in [0.5, 0.6) is 11.5 Å². The maximum Gasteiger partial charge on any atom is 0.127 e. The van der Waals surface area contributed by atoms with Gasteiger partial charge in [0.2, 0.25) is 0 Å². The van der Waals surface area contributed by atoms with Gasteiger partial charge in [-0.15, -0.1) is 0 Å². The number of rotatable bonds is 7. The van der Waals surface area contributed by atoms with Crippen LogP contribution in [0.2, 0.25) is 0 Å². The fraction of sp³-hybridized carbons (Fsp3) is 0.625. The second-order valence-electron chi connectivity index (χ2n) is 5.40. The molecule has 1 aliphatic rings. The van der Waals surface area contributed by atoms with Crippen LogP contribution < -0.4 is 14.8 Å². The fourth-order valence-corrected chi connectivity index (χ4v) is 2.73. The molecule has 1 heterocycles. The number of hydrogen-bond donors (Lipinski definition) is 1. The van der Waals surface area contributed by atoms with Crippen molar-refractivity contribution in [1.82, 2.24) is 10.2 Å². The van der Waals surface area contributed by atoms with Crippen LogP contribution in [0, 0.1) is 0 Å². The Bertz CT molecular complexity index is 417. The van der Waals surface area contributed by atoms with E-state index in [1.54, 1.807) is 14.2 Å². The van der Waals surface area contributed by atoms with E-state index >= 15 is 0 Å². The van der Waals surface area contributed by atoms with Crippen LogP contribution in [-0.4, -0.2) is 44.8 Å².